The lowest BCUT2D eigenvalue weighted by atomic mass is 10.2. The van der Waals surface area contributed by atoms with E-state index in [2.05, 4.69) is 0 Å². The molecule has 7 heavy (non-hydrogen) atoms. The molecule has 0 aromatic carbocycles. The van der Waals surface area contributed by atoms with Crippen LogP contribution in [0, 0.1) is 5.92 Å². The van der Waals surface area contributed by atoms with Crippen molar-refractivity contribution >= 4 is 18.9 Å². The van der Waals surface area contributed by atoms with Crippen LogP contribution >= 0.6 is 0 Å². The second-order valence-corrected chi connectivity index (χ2v) is 0.986. The molecule has 0 aromatic rings. The molecule has 0 aliphatic carbocycles. The van der Waals surface area contributed by atoms with E-state index in [-0.39, 0.29) is 0 Å². The maximum Gasteiger partial charge on any atom is 0.137 e. The zero-order chi connectivity index (χ0) is 5.70. The van der Waals surface area contributed by atoms with Gasteiger partial charge in [0.25, 0.3) is 0 Å². The largest absolute Gasteiger partial charge is 0.302 e. The maximum atomic E-state index is 9.50. The molecule has 0 aliphatic heterocycles. The summed E-state index contributed by atoms with van der Waals surface area (Å²) in [5.74, 6) is -1.06. The van der Waals surface area contributed by atoms with Crippen LogP contribution in [0.1, 0.15) is 0 Å². The molecule has 0 bridgehead atoms. The van der Waals surface area contributed by atoms with E-state index in [0.29, 0.717) is 18.9 Å². The second kappa shape index (κ2) is 3.21. The highest BCUT2D eigenvalue weighted by atomic mass is 16.1. The van der Waals surface area contributed by atoms with Crippen molar-refractivity contribution in [3.05, 3.63) is 0 Å². The van der Waals surface area contributed by atoms with E-state index in [1.54, 1.807) is 0 Å². The molecule has 3 nitrogen and oxygen atoms in total. The molecule has 0 N–H and O–H groups in total. The van der Waals surface area contributed by atoms with Crippen molar-refractivity contribution in [1.29, 1.82) is 0 Å². The van der Waals surface area contributed by atoms with Gasteiger partial charge < -0.3 is 14.4 Å². The molecule has 0 saturated carbocycles. The Bertz CT molecular complexity index is 67.9. The van der Waals surface area contributed by atoms with Crippen LogP contribution in [0.15, 0.2) is 0 Å². The minimum Gasteiger partial charge on any atom is -0.302 e. The molecule has 3 heteroatoms. The SMILES string of the molecule is O=CC(C=O)C=O. The van der Waals surface area contributed by atoms with Crippen molar-refractivity contribution in [1.82, 2.24) is 0 Å². The fourth-order valence-electron chi connectivity index (χ4n) is 0.0962. The molecule has 0 radical (unpaired) electrons. The summed E-state index contributed by atoms with van der Waals surface area (Å²) in [6.45, 7) is 0. The van der Waals surface area contributed by atoms with Gasteiger partial charge in [-0.25, -0.2) is 0 Å². The van der Waals surface area contributed by atoms with Gasteiger partial charge in [-0.1, -0.05) is 0 Å². The Kier molecular flexibility index (Phi) is 2.76. The third kappa shape index (κ3) is 1.81. The smallest absolute Gasteiger partial charge is 0.137 e. The van der Waals surface area contributed by atoms with Crippen LogP contribution in [-0.2, 0) is 14.4 Å². The number of carbonyl (C=O) groups is 3. The van der Waals surface area contributed by atoms with Crippen molar-refractivity contribution < 1.29 is 14.4 Å². The number of hydrogen-bond acceptors (Lipinski definition) is 3. The fourth-order valence-corrected chi connectivity index (χ4v) is 0.0962. The Morgan fingerprint density at radius 1 is 0.857 bits per heavy atom. The van der Waals surface area contributed by atoms with Gasteiger partial charge in [0.05, 0.1) is 0 Å². The van der Waals surface area contributed by atoms with Gasteiger partial charge in [0.1, 0.15) is 24.8 Å². The lowest BCUT2D eigenvalue weighted by Crippen LogP contribution is -2.02. The van der Waals surface area contributed by atoms with Crippen LogP contribution in [0.3, 0.4) is 0 Å². The molecule has 0 unspecified atom stereocenters. The normalized spacial score (nSPS) is 8.14. The molecule has 0 rings (SSSR count). The van der Waals surface area contributed by atoms with Crippen LogP contribution < -0.4 is 0 Å². The quantitative estimate of drug-likeness (QED) is 0.344. The molecule has 0 fully saturated rings. The van der Waals surface area contributed by atoms with E-state index in [0.717, 1.165) is 0 Å². The maximum absolute atomic E-state index is 9.50. The monoisotopic (exact) mass is 100 g/mol. The Labute approximate surface area is 40.3 Å². The number of carbonyl (C=O) groups excluding carboxylic acids is 3. The van der Waals surface area contributed by atoms with Gasteiger partial charge in [-0.2, -0.15) is 0 Å². The summed E-state index contributed by atoms with van der Waals surface area (Å²) in [6, 6.07) is 0. The first kappa shape index (κ1) is 6.01. The van der Waals surface area contributed by atoms with Crippen LogP contribution in [0.2, 0.25) is 0 Å². The summed E-state index contributed by atoms with van der Waals surface area (Å²) in [5, 5.41) is 0. The lowest BCUT2D eigenvalue weighted by molar-refractivity contribution is -0.125. The van der Waals surface area contributed by atoms with Crippen LogP contribution in [-0.4, -0.2) is 18.9 Å². The van der Waals surface area contributed by atoms with Crippen molar-refractivity contribution in [2.75, 3.05) is 0 Å². The summed E-state index contributed by atoms with van der Waals surface area (Å²) in [5.41, 5.74) is 0. The third-order valence-corrected chi connectivity index (χ3v) is 0.471. The molecule has 0 aromatic heterocycles. The van der Waals surface area contributed by atoms with E-state index in [1.165, 1.54) is 0 Å². The Morgan fingerprint density at radius 3 is 1.14 bits per heavy atom. The molecular weight excluding hydrogens is 96.0 g/mol. The van der Waals surface area contributed by atoms with Gasteiger partial charge in [-0.05, 0) is 0 Å². The minimum atomic E-state index is -1.06. The van der Waals surface area contributed by atoms with E-state index in [1.807, 2.05) is 0 Å². The van der Waals surface area contributed by atoms with Gasteiger partial charge in [0.15, 0.2) is 0 Å². The molecule has 0 amide bonds. The minimum absolute atomic E-state index is 0.292. The zero-order valence-corrected chi connectivity index (χ0v) is 3.53. The highest BCUT2D eigenvalue weighted by Crippen LogP contribution is 1.73. The zero-order valence-electron chi connectivity index (χ0n) is 3.53. The summed E-state index contributed by atoms with van der Waals surface area (Å²) in [6.07, 6.45) is 0.875. The van der Waals surface area contributed by atoms with Crippen molar-refractivity contribution in [3.63, 3.8) is 0 Å². The number of rotatable bonds is 3. The fraction of sp³-hybridized carbons (Fsp3) is 0.250. The van der Waals surface area contributed by atoms with Crippen molar-refractivity contribution in [2.45, 2.75) is 0 Å². The van der Waals surface area contributed by atoms with Gasteiger partial charge >= 0.3 is 0 Å². The Hall–Kier alpha value is -0.990. The average Bonchev–Trinajstić information content (AvgIpc) is 1.72. The number of aldehydes is 3. The van der Waals surface area contributed by atoms with Gasteiger partial charge in [-0.3, -0.25) is 0 Å². The van der Waals surface area contributed by atoms with Gasteiger partial charge in [-0.15, -0.1) is 0 Å². The first-order valence-electron chi connectivity index (χ1n) is 1.71. The third-order valence-electron chi connectivity index (χ3n) is 0.471. The van der Waals surface area contributed by atoms with Gasteiger partial charge in [0, 0.05) is 0 Å². The predicted molar refractivity (Wildman–Crippen MR) is 21.7 cm³/mol. The molecule has 0 heterocycles. The van der Waals surface area contributed by atoms with Crippen LogP contribution in [0.4, 0.5) is 0 Å². The molecule has 0 atom stereocenters. The van der Waals surface area contributed by atoms with Crippen LogP contribution in [0.5, 0.6) is 0 Å². The van der Waals surface area contributed by atoms with E-state index < -0.39 is 5.92 Å². The summed E-state index contributed by atoms with van der Waals surface area (Å²) in [7, 11) is 0. The highest BCUT2D eigenvalue weighted by Gasteiger charge is 1.98. The second-order valence-electron chi connectivity index (χ2n) is 0.986. The topological polar surface area (TPSA) is 51.2 Å². The summed E-state index contributed by atoms with van der Waals surface area (Å²) < 4.78 is 0. The molecule has 0 saturated heterocycles. The predicted octanol–water partition coefficient (Wildman–Crippen LogP) is -0.801. The van der Waals surface area contributed by atoms with E-state index in [4.69, 9.17) is 0 Å². The lowest BCUT2D eigenvalue weighted by Gasteiger charge is -1.78. The number of hydrogen-bond donors (Lipinski definition) is 0. The Balaban J connectivity index is 3.57. The van der Waals surface area contributed by atoms with Crippen LogP contribution in [0.25, 0.3) is 0 Å². The van der Waals surface area contributed by atoms with E-state index in [9.17, 15) is 14.4 Å². The summed E-state index contributed by atoms with van der Waals surface area (Å²) in [4.78, 5) is 28.5. The van der Waals surface area contributed by atoms with Crippen molar-refractivity contribution in [2.24, 2.45) is 5.92 Å². The molecular formula is C4H4O3. The molecule has 38 valence electrons. The first-order chi connectivity index (χ1) is 3.35. The van der Waals surface area contributed by atoms with Crippen molar-refractivity contribution in [3.8, 4) is 0 Å². The average molecular weight is 100 g/mol. The molecule has 0 spiro atoms. The molecule has 0 aliphatic rings. The highest BCUT2D eigenvalue weighted by molar-refractivity contribution is 5.95. The van der Waals surface area contributed by atoms with E-state index >= 15 is 0 Å². The first-order valence-corrected chi connectivity index (χ1v) is 1.71. The Morgan fingerprint density at radius 2 is 1.14 bits per heavy atom. The standard InChI is InChI=1S/C4H4O3/c5-1-4(2-6)3-7/h1-4H. The van der Waals surface area contributed by atoms with Gasteiger partial charge in [0.2, 0.25) is 0 Å². The summed E-state index contributed by atoms with van der Waals surface area (Å²) >= 11 is 0.